The second-order valence-electron chi connectivity index (χ2n) is 7.93. The molecule has 2 atom stereocenters. The summed E-state index contributed by atoms with van der Waals surface area (Å²) < 4.78 is 6.62. The van der Waals surface area contributed by atoms with Crippen molar-refractivity contribution in [3.05, 3.63) is 0 Å². The summed E-state index contributed by atoms with van der Waals surface area (Å²) in [5, 5.41) is 3.60. The lowest BCUT2D eigenvalue weighted by Crippen LogP contribution is -2.38. The monoisotopic (exact) mass is 279 g/mol. The lowest BCUT2D eigenvalue weighted by atomic mass is 9.78. The Morgan fingerprint density at radius 3 is 2.50 bits per heavy atom. The minimum absolute atomic E-state index is 0.297. The number of hydrogen-bond donors (Lipinski definition) is 1. The van der Waals surface area contributed by atoms with Crippen molar-refractivity contribution in [3.63, 3.8) is 0 Å². The van der Waals surface area contributed by atoms with Gasteiger partial charge in [0.2, 0.25) is 0 Å². The molecule has 116 valence electrons. The van der Waals surface area contributed by atoms with E-state index in [1.165, 1.54) is 70.8 Å². The Bertz CT molecular complexity index is 319. The molecule has 0 amide bonds. The molecule has 0 radical (unpaired) electrons. The zero-order valence-electron chi connectivity index (χ0n) is 13.5. The van der Waals surface area contributed by atoms with Crippen molar-refractivity contribution < 1.29 is 4.74 Å². The van der Waals surface area contributed by atoms with E-state index in [-0.39, 0.29) is 0 Å². The van der Waals surface area contributed by atoms with Crippen LogP contribution in [0, 0.1) is 11.3 Å². The van der Waals surface area contributed by atoms with Crippen LogP contribution in [-0.4, -0.2) is 24.8 Å². The van der Waals surface area contributed by atoms with Crippen LogP contribution in [0.3, 0.4) is 0 Å². The predicted octanol–water partition coefficient (Wildman–Crippen LogP) is 4.28. The molecule has 1 spiro atoms. The predicted molar refractivity (Wildman–Crippen MR) is 83.9 cm³/mol. The summed E-state index contributed by atoms with van der Waals surface area (Å²) in [7, 11) is 0. The van der Waals surface area contributed by atoms with Crippen LogP contribution in [0.4, 0.5) is 0 Å². The van der Waals surface area contributed by atoms with Crippen molar-refractivity contribution in [2.75, 3.05) is 13.1 Å². The second kappa shape index (κ2) is 5.96. The molecule has 0 aromatic heterocycles. The van der Waals surface area contributed by atoms with Crippen molar-refractivity contribution in [3.8, 4) is 0 Å². The highest BCUT2D eigenvalue weighted by atomic mass is 16.5. The summed E-state index contributed by atoms with van der Waals surface area (Å²) in [4.78, 5) is 0. The number of nitrogens with one attached hydrogen (secondary N) is 1. The molecule has 20 heavy (non-hydrogen) atoms. The fraction of sp³-hybridized carbons (Fsp3) is 1.00. The Morgan fingerprint density at radius 2 is 1.85 bits per heavy atom. The molecule has 3 aliphatic rings. The highest BCUT2D eigenvalue weighted by Gasteiger charge is 2.47. The fourth-order valence-electron chi connectivity index (χ4n) is 4.70. The lowest BCUT2D eigenvalue weighted by Gasteiger charge is -2.36. The van der Waals surface area contributed by atoms with Crippen molar-refractivity contribution in [2.24, 2.45) is 11.3 Å². The smallest absolute Gasteiger partial charge is 0.0687 e. The van der Waals surface area contributed by atoms with Crippen LogP contribution in [0.5, 0.6) is 0 Å². The van der Waals surface area contributed by atoms with Crippen LogP contribution in [0.1, 0.15) is 78.1 Å². The Kier molecular flexibility index (Phi) is 4.42. The van der Waals surface area contributed by atoms with E-state index in [1.807, 2.05) is 0 Å². The van der Waals surface area contributed by atoms with Gasteiger partial charge in [-0.3, -0.25) is 0 Å². The van der Waals surface area contributed by atoms with E-state index in [4.69, 9.17) is 4.74 Å². The molecule has 2 saturated carbocycles. The summed E-state index contributed by atoms with van der Waals surface area (Å²) >= 11 is 0. The van der Waals surface area contributed by atoms with E-state index < -0.39 is 0 Å². The van der Waals surface area contributed by atoms with E-state index in [9.17, 15) is 0 Å². The maximum atomic E-state index is 6.62. The summed E-state index contributed by atoms with van der Waals surface area (Å²) in [5.74, 6) is 0.952. The van der Waals surface area contributed by atoms with E-state index in [2.05, 4.69) is 19.2 Å². The maximum Gasteiger partial charge on any atom is 0.0687 e. The van der Waals surface area contributed by atoms with Crippen LogP contribution in [0.15, 0.2) is 0 Å². The van der Waals surface area contributed by atoms with Gasteiger partial charge in [0, 0.05) is 6.54 Å². The molecule has 3 fully saturated rings. The van der Waals surface area contributed by atoms with E-state index in [0.717, 1.165) is 12.5 Å². The molecule has 3 rings (SSSR count). The summed E-state index contributed by atoms with van der Waals surface area (Å²) in [6, 6.07) is 0. The molecule has 0 aromatic rings. The van der Waals surface area contributed by atoms with Crippen LogP contribution in [0.25, 0.3) is 0 Å². The van der Waals surface area contributed by atoms with Gasteiger partial charge in [-0.1, -0.05) is 33.1 Å². The third-order valence-electron chi connectivity index (χ3n) is 6.14. The highest BCUT2D eigenvalue weighted by molar-refractivity contribution is 4.98. The van der Waals surface area contributed by atoms with Crippen molar-refractivity contribution >= 4 is 0 Å². The number of hydrogen-bond acceptors (Lipinski definition) is 2. The normalized spacial score (nSPS) is 32.4. The Balaban J connectivity index is 1.56. The molecule has 2 aliphatic carbocycles. The van der Waals surface area contributed by atoms with Gasteiger partial charge in [0.25, 0.3) is 0 Å². The minimum atomic E-state index is 0.297. The first-order chi connectivity index (χ1) is 9.66. The van der Waals surface area contributed by atoms with E-state index >= 15 is 0 Å². The highest BCUT2D eigenvalue weighted by Crippen LogP contribution is 2.51. The van der Waals surface area contributed by atoms with Crippen LogP contribution in [-0.2, 0) is 4.74 Å². The molecule has 2 heteroatoms. The summed E-state index contributed by atoms with van der Waals surface area (Å²) in [6.07, 6.45) is 14.2. The lowest BCUT2D eigenvalue weighted by molar-refractivity contribution is -0.0773. The first kappa shape index (κ1) is 14.8. The molecule has 0 bridgehead atoms. The maximum absolute atomic E-state index is 6.62. The van der Waals surface area contributed by atoms with E-state index in [1.54, 1.807) is 0 Å². The summed E-state index contributed by atoms with van der Waals surface area (Å²) in [5.41, 5.74) is 0.770. The summed E-state index contributed by atoms with van der Waals surface area (Å²) in [6.45, 7) is 7.00. The molecule has 0 aromatic carbocycles. The van der Waals surface area contributed by atoms with Gasteiger partial charge in [-0.2, -0.15) is 0 Å². The van der Waals surface area contributed by atoms with Gasteiger partial charge in [0.05, 0.1) is 11.7 Å². The van der Waals surface area contributed by atoms with Gasteiger partial charge in [0.15, 0.2) is 0 Å². The third kappa shape index (κ3) is 3.22. The van der Waals surface area contributed by atoms with Crippen LogP contribution < -0.4 is 5.32 Å². The van der Waals surface area contributed by atoms with Gasteiger partial charge in [-0.05, 0) is 62.8 Å². The topological polar surface area (TPSA) is 21.3 Å². The molecule has 1 aliphatic heterocycles. The van der Waals surface area contributed by atoms with Gasteiger partial charge in [-0.25, -0.2) is 0 Å². The molecule has 2 nitrogen and oxygen atoms in total. The first-order valence-corrected chi connectivity index (χ1v) is 9.04. The molecule has 1 N–H and O–H groups in total. The molecule has 1 heterocycles. The third-order valence-corrected chi connectivity index (χ3v) is 6.14. The largest absolute Gasteiger partial charge is 0.372 e. The quantitative estimate of drug-likeness (QED) is 0.783. The van der Waals surface area contributed by atoms with Gasteiger partial charge in [-0.15, -0.1) is 0 Å². The minimum Gasteiger partial charge on any atom is -0.372 e. The number of ether oxygens (including phenoxy) is 1. The van der Waals surface area contributed by atoms with Crippen molar-refractivity contribution in [1.82, 2.24) is 5.32 Å². The van der Waals surface area contributed by atoms with Gasteiger partial charge in [0.1, 0.15) is 0 Å². The zero-order chi connectivity index (χ0) is 14.1. The van der Waals surface area contributed by atoms with Crippen molar-refractivity contribution in [2.45, 2.75) is 89.8 Å². The van der Waals surface area contributed by atoms with Gasteiger partial charge < -0.3 is 10.1 Å². The SMILES string of the molecule is CCNCC(C)(CC1CCC2(CCCCC2)O1)C1CC1. The standard InChI is InChI=1S/C18H33NO/c1-3-19-14-17(2,15-7-8-15)13-16-9-12-18(20-16)10-5-4-6-11-18/h15-16,19H,3-14H2,1-2H3. The Labute approximate surface area is 125 Å². The van der Waals surface area contributed by atoms with E-state index in [0.29, 0.717) is 17.1 Å². The second-order valence-corrected chi connectivity index (χ2v) is 7.93. The van der Waals surface area contributed by atoms with Crippen LogP contribution in [0.2, 0.25) is 0 Å². The van der Waals surface area contributed by atoms with Gasteiger partial charge >= 0.3 is 0 Å². The Hall–Kier alpha value is -0.0800. The van der Waals surface area contributed by atoms with Crippen LogP contribution >= 0.6 is 0 Å². The average Bonchev–Trinajstić information content (AvgIpc) is 3.24. The molecule has 2 unspecified atom stereocenters. The molecular weight excluding hydrogens is 246 g/mol. The molecular formula is C18H33NO. The van der Waals surface area contributed by atoms with Crippen molar-refractivity contribution in [1.29, 1.82) is 0 Å². The first-order valence-electron chi connectivity index (χ1n) is 9.04. The average molecular weight is 279 g/mol. The number of rotatable bonds is 6. The Morgan fingerprint density at radius 1 is 1.10 bits per heavy atom. The molecule has 1 saturated heterocycles. The zero-order valence-corrected chi connectivity index (χ0v) is 13.5. The fourth-order valence-corrected chi connectivity index (χ4v) is 4.70.